The quantitative estimate of drug-likeness (QED) is 0.501. The Morgan fingerprint density at radius 2 is 1.96 bits per heavy atom. The zero-order valence-corrected chi connectivity index (χ0v) is 16.5. The maximum atomic E-state index is 12.9. The summed E-state index contributed by atoms with van der Waals surface area (Å²) in [7, 11) is 0. The molecule has 5 nitrogen and oxygen atoms in total. The fourth-order valence-corrected chi connectivity index (χ4v) is 3.45. The van der Waals surface area contributed by atoms with Crippen molar-refractivity contribution in [1.82, 2.24) is 14.8 Å². The van der Waals surface area contributed by atoms with Crippen molar-refractivity contribution in [3.8, 4) is 5.75 Å². The van der Waals surface area contributed by atoms with Crippen LogP contribution < -0.4 is 10.1 Å². The van der Waals surface area contributed by atoms with E-state index < -0.39 is 12.7 Å². The first-order valence-corrected chi connectivity index (χ1v) is 9.35. The Morgan fingerprint density at radius 1 is 1.19 bits per heavy atom. The van der Waals surface area contributed by atoms with E-state index in [4.69, 9.17) is 16.3 Å². The molecule has 0 radical (unpaired) electrons. The molecule has 0 unspecified atom stereocenters. The second-order valence-corrected chi connectivity index (χ2v) is 7.43. The van der Waals surface area contributed by atoms with Gasteiger partial charge in [0, 0.05) is 19.9 Å². The van der Waals surface area contributed by atoms with E-state index in [1.165, 1.54) is 18.5 Å². The minimum absolute atomic E-state index is 0.0426. The van der Waals surface area contributed by atoms with E-state index in [0.29, 0.717) is 16.5 Å². The lowest BCUT2D eigenvalue weighted by atomic mass is 10.0. The van der Waals surface area contributed by atoms with Crippen LogP contribution in [0.25, 0.3) is 5.70 Å². The van der Waals surface area contributed by atoms with Gasteiger partial charge in [-0.25, -0.2) is 4.68 Å². The number of aromatic nitrogens is 3. The molecule has 1 aliphatic heterocycles. The predicted octanol–water partition coefficient (Wildman–Crippen LogP) is 5.19. The van der Waals surface area contributed by atoms with Crippen LogP contribution in [0.4, 0.5) is 14.7 Å². The van der Waals surface area contributed by atoms with Gasteiger partial charge in [-0.15, -0.1) is 0 Å². The van der Waals surface area contributed by atoms with Crippen LogP contribution in [0.3, 0.4) is 0 Å². The average Bonchev–Trinajstić information content (AvgIpc) is 3.11. The molecule has 3 aromatic rings. The average molecular weight is 501 g/mol. The molecule has 1 aromatic heterocycles. The van der Waals surface area contributed by atoms with Crippen LogP contribution in [-0.4, -0.2) is 21.4 Å². The lowest BCUT2D eigenvalue weighted by molar-refractivity contribution is -0.0506. The fourth-order valence-electron chi connectivity index (χ4n) is 2.91. The Morgan fingerprint density at radius 3 is 2.70 bits per heavy atom. The van der Waals surface area contributed by atoms with Crippen molar-refractivity contribution in [2.24, 2.45) is 0 Å². The van der Waals surface area contributed by atoms with Crippen molar-refractivity contribution in [1.29, 1.82) is 0 Å². The van der Waals surface area contributed by atoms with Crippen LogP contribution in [0.2, 0.25) is 5.02 Å². The third kappa shape index (κ3) is 3.77. The zero-order valence-electron chi connectivity index (χ0n) is 13.6. The van der Waals surface area contributed by atoms with Crippen LogP contribution in [0.1, 0.15) is 17.2 Å². The molecule has 1 aliphatic rings. The number of benzene rings is 2. The highest BCUT2D eigenvalue weighted by molar-refractivity contribution is 14.1. The summed E-state index contributed by atoms with van der Waals surface area (Å²) in [5.74, 6) is 0.542. The number of hydrogen-bond acceptors (Lipinski definition) is 4. The number of halogens is 4. The van der Waals surface area contributed by atoms with Crippen molar-refractivity contribution in [3.05, 3.63) is 74.6 Å². The van der Waals surface area contributed by atoms with E-state index >= 15 is 0 Å². The highest BCUT2D eigenvalue weighted by Crippen LogP contribution is 2.37. The van der Waals surface area contributed by atoms with E-state index in [2.05, 4.69) is 38.0 Å². The third-order valence-electron chi connectivity index (χ3n) is 4.07. The minimum atomic E-state index is -2.94. The summed E-state index contributed by atoms with van der Waals surface area (Å²) in [6.45, 7) is -2.94. The number of rotatable bonds is 4. The lowest BCUT2D eigenvalue weighted by Crippen LogP contribution is -2.21. The van der Waals surface area contributed by atoms with Gasteiger partial charge in [0.15, 0.2) is 0 Å². The maximum Gasteiger partial charge on any atom is 0.387 e. The molecule has 9 heteroatoms. The number of nitrogens with zero attached hydrogens (tertiary/aromatic N) is 3. The van der Waals surface area contributed by atoms with Gasteiger partial charge in [0.05, 0.1) is 0 Å². The van der Waals surface area contributed by atoms with Crippen LogP contribution in [0.5, 0.6) is 5.75 Å². The summed E-state index contributed by atoms with van der Waals surface area (Å²) in [6, 6.07) is 11.9. The molecule has 4 rings (SSSR count). The number of allylic oxidation sites excluding steroid dienone is 1. The van der Waals surface area contributed by atoms with Crippen LogP contribution >= 0.6 is 34.2 Å². The first-order valence-electron chi connectivity index (χ1n) is 7.90. The molecular formula is C18H12ClF2IN4O. The standard InChI is InChI=1S/C18H12ClF2IN4O/c19-11-3-6-16(27-17(20)21)13(7-11)15-8-14(10-1-4-12(22)5-2-10)25-18-23-9-24-26(15)18/h1-9,15,17H,(H,23,24,25)/t15-/m1/s1. The smallest absolute Gasteiger partial charge is 0.387 e. The molecule has 1 N–H and O–H groups in total. The number of anilines is 1. The number of nitrogens with one attached hydrogen (secondary N) is 1. The molecule has 0 spiro atoms. The summed E-state index contributed by atoms with van der Waals surface area (Å²) in [6.07, 6.45) is 3.28. The van der Waals surface area contributed by atoms with Gasteiger partial charge in [-0.05, 0) is 64.6 Å². The second-order valence-electron chi connectivity index (χ2n) is 5.75. The monoisotopic (exact) mass is 500 g/mol. The van der Waals surface area contributed by atoms with Crippen molar-refractivity contribution < 1.29 is 13.5 Å². The molecule has 0 bridgehead atoms. The molecule has 138 valence electrons. The zero-order chi connectivity index (χ0) is 19.0. The molecule has 0 fully saturated rings. The molecule has 27 heavy (non-hydrogen) atoms. The Hall–Kier alpha value is -2.20. The fraction of sp³-hybridized carbons (Fsp3) is 0.111. The van der Waals surface area contributed by atoms with E-state index in [1.807, 2.05) is 30.3 Å². The van der Waals surface area contributed by atoms with Gasteiger partial charge >= 0.3 is 6.61 Å². The first kappa shape index (κ1) is 18.2. The van der Waals surface area contributed by atoms with Crippen LogP contribution in [0.15, 0.2) is 54.9 Å². The van der Waals surface area contributed by atoms with Crippen molar-refractivity contribution >= 4 is 45.8 Å². The third-order valence-corrected chi connectivity index (χ3v) is 5.02. The van der Waals surface area contributed by atoms with Crippen molar-refractivity contribution in [2.75, 3.05) is 5.32 Å². The number of fused-ring (bicyclic) bond motifs is 1. The summed E-state index contributed by atoms with van der Waals surface area (Å²) in [4.78, 5) is 4.22. The van der Waals surface area contributed by atoms with Crippen LogP contribution in [0, 0.1) is 3.57 Å². The second kappa shape index (κ2) is 7.43. The van der Waals surface area contributed by atoms with Crippen LogP contribution in [-0.2, 0) is 0 Å². The summed E-state index contributed by atoms with van der Waals surface area (Å²) in [5.41, 5.74) is 2.20. The topological polar surface area (TPSA) is 52.0 Å². The summed E-state index contributed by atoms with van der Waals surface area (Å²) < 4.78 is 33.1. The molecule has 0 aliphatic carbocycles. The van der Waals surface area contributed by atoms with Gasteiger partial charge in [0.2, 0.25) is 5.95 Å². The molecule has 0 saturated heterocycles. The predicted molar refractivity (Wildman–Crippen MR) is 107 cm³/mol. The molecule has 1 atom stereocenters. The normalized spacial score (nSPS) is 15.9. The van der Waals surface area contributed by atoms with Gasteiger partial charge in [-0.2, -0.15) is 18.9 Å². The number of ether oxygens (including phenoxy) is 1. The largest absolute Gasteiger partial charge is 0.434 e. The number of alkyl halides is 2. The molecular weight excluding hydrogens is 489 g/mol. The van der Waals surface area contributed by atoms with Crippen molar-refractivity contribution in [3.63, 3.8) is 0 Å². The SMILES string of the molecule is FC(F)Oc1ccc(Cl)cc1[C@H]1C=C(c2ccc(I)cc2)Nc2ncnn21. The van der Waals surface area contributed by atoms with Gasteiger partial charge in [0.1, 0.15) is 18.1 Å². The van der Waals surface area contributed by atoms with Crippen molar-refractivity contribution in [2.45, 2.75) is 12.7 Å². The van der Waals surface area contributed by atoms with Gasteiger partial charge in [0.25, 0.3) is 0 Å². The van der Waals surface area contributed by atoms with E-state index in [9.17, 15) is 8.78 Å². The van der Waals surface area contributed by atoms with Gasteiger partial charge in [-0.3, -0.25) is 0 Å². The number of hydrogen-bond donors (Lipinski definition) is 1. The van der Waals surface area contributed by atoms with E-state index in [1.54, 1.807) is 10.7 Å². The molecule has 0 amide bonds. The molecule has 0 saturated carbocycles. The Kier molecular flexibility index (Phi) is 5.00. The minimum Gasteiger partial charge on any atom is -0.434 e. The Labute approximate surface area is 172 Å². The highest BCUT2D eigenvalue weighted by Gasteiger charge is 2.27. The Balaban J connectivity index is 1.83. The maximum absolute atomic E-state index is 12.9. The van der Waals surface area contributed by atoms with Gasteiger partial charge in [-0.1, -0.05) is 23.7 Å². The first-order chi connectivity index (χ1) is 13.0. The summed E-state index contributed by atoms with van der Waals surface area (Å²) in [5, 5.41) is 7.84. The van der Waals surface area contributed by atoms with Gasteiger partial charge < -0.3 is 10.1 Å². The summed E-state index contributed by atoms with van der Waals surface area (Å²) >= 11 is 8.35. The molecule has 2 heterocycles. The highest BCUT2D eigenvalue weighted by atomic mass is 127. The Bertz CT molecular complexity index is 1010. The van der Waals surface area contributed by atoms with E-state index in [-0.39, 0.29) is 5.75 Å². The molecule has 2 aromatic carbocycles. The van der Waals surface area contributed by atoms with E-state index in [0.717, 1.165) is 14.8 Å². The lowest BCUT2D eigenvalue weighted by Gasteiger charge is -2.26.